The third-order valence-electron chi connectivity index (χ3n) is 3.46. The molecule has 1 unspecified atom stereocenters. The van der Waals surface area contributed by atoms with Crippen LogP contribution in [0.15, 0.2) is 0 Å². The minimum absolute atomic E-state index is 0.167. The molecule has 2 amide bonds. The Hall–Kier alpha value is -2.05. The smallest absolute Gasteiger partial charge is 0.274 e. The van der Waals surface area contributed by atoms with Crippen LogP contribution in [-0.2, 0) is 4.79 Å². The highest BCUT2D eigenvalue weighted by atomic mass is 16.2. The lowest BCUT2D eigenvalue weighted by atomic mass is 10.2. The van der Waals surface area contributed by atoms with Gasteiger partial charge in [0.25, 0.3) is 5.91 Å². The Balaban J connectivity index is 1.93. The number of anilines is 1. The van der Waals surface area contributed by atoms with Gasteiger partial charge in [-0.1, -0.05) is 13.8 Å². The molecule has 0 aromatic carbocycles. The number of carbonyl (C=O) groups is 2. The zero-order valence-electron chi connectivity index (χ0n) is 12.7. The first-order valence-electron chi connectivity index (χ1n) is 7.32. The van der Waals surface area contributed by atoms with Crippen LogP contribution in [0.2, 0.25) is 0 Å². The summed E-state index contributed by atoms with van der Waals surface area (Å²) in [6, 6.07) is -0.628. The summed E-state index contributed by atoms with van der Waals surface area (Å²) in [7, 11) is 0. The third-order valence-corrected chi connectivity index (χ3v) is 3.46. The maximum Gasteiger partial charge on any atom is 0.274 e. The molecule has 1 atom stereocenters. The third kappa shape index (κ3) is 3.74. The fourth-order valence-corrected chi connectivity index (χ4v) is 2.01. The van der Waals surface area contributed by atoms with E-state index in [9.17, 15) is 9.59 Å². The van der Waals surface area contributed by atoms with E-state index < -0.39 is 11.9 Å². The molecule has 0 spiro atoms. The molecule has 1 aliphatic rings. The lowest BCUT2D eigenvalue weighted by Gasteiger charge is -2.14. The van der Waals surface area contributed by atoms with E-state index in [1.54, 1.807) is 6.92 Å². The zero-order valence-corrected chi connectivity index (χ0v) is 12.7. The highest BCUT2D eigenvalue weighted by Crippen LogP contribution is 2.42. The molecule has 7 heteroatoms. The van der Waals surface area contributed by atoms with Crippen LogP contribution < -0.4 is 16.4 Å². The van der Waals surface area contributed by atoms with Crippen molar-refractivity contribution >= 4 is 17.5 Å². The standard InChI is InChI=1S/C14H23N5O2/c1-7(2)6-16-13(20)8(3)17-14(21)12-10(15)11(18-19-12)9-4-5-9/h7-9H,4-6,15H2,1-3H3,(H,16,20)(H,17,21)(H,18,19). The predicted molar refractivity (Wildman–Crippen MR) is 79.8 cm³/mol. The molecular formula is C14H23N5O2. The summed E-state index contributed by atoms with van der Waals surface area (Å²) < 4.78 is 0. The number of hydrogen-bond donors (Lipinski definition) is 4. The lowest BCUT2D eigenvalue weighted by molar-refractivity contribution is -0.122. The molecule has 0 saturated heterocycles. The number of H-pyrrole nitrogens is 1. The van der Waals surface area contributed by atoms with Crippen molar-refractivity contribution in [3.05, 3.63) is 11.4 Å². The molecule has 0 aliphatic heterocycles. The van der Waals surface area contributed by atoms with Gasteiger partial charge in [0, 0.05) is 12.5 Å². The average molecular weight is 293 g/mol. The molecular weight excluding hydrogens is 270 g/mol. The van der Waals surface area contributed by atoms with Crippen molar-refractivity contribution in [2.45, 2.75) is 45.6 Å². The average Bonchev–Trinajstić information content (AvgIpc) is 3.18. The highest BCUT2D eigenvalue weighted by Gasteiger charge is 2.30. The van der Waals surface area contributed by atoms with Gasteiger partial charge in [0.1, 0.15) is 6.04 Å². The Morgan fingerprint density at radius 3 is 2.62 bits per heavy atom. The molecule has 1 heterocycles. The van der Waals surface area contributed by atoms with E-state index in [2.05, 4.69) is 20.8 Å². The van der Waals surface area contributed by atoms with Gasteiger partial charge in [0.05, 0.1) is 11.4 Å². The van der Waals surface area contributed by atoms with Crippen LogP contribution in [-0.4, -0.2) is 34.6 Å². The number of nitrogens with two attached hydrogens (primary N) is 1. The topological polar surface area (TPSA) is 113 Å². The van der Waals surface area contributed by atoms with Gasteiger partial charge in [-0.25, -0.2) is 0 Å². The number of amides is 2. The van der Waals surface area contributed by atoms with Crippen molar-refractivity contribution < 1.29 is 9.59 Å². The Labute approximate surface area is 124 Å². The Morgan fingerprint density at radius 1 is 1.38 bits per heavy atom. The number of rotatable bonds is 6. The molecule has 2 rings (SSSR count). The molecule has 1 aromatic heterocycles. The number of aromatic nitrogens is 2. The highest BCUT2D eigenvalue weighted by molar-refractivity contribution is 6.00. The minimum atomic E-state index is -0.628. The largest absolute Gasteiger partial charge is 0.395 e. The van der Waals surface area contributed by atoms with Crippen molar-refractivity contribution in [3.8, 4) is 0 Å². The second kappa shape index (κ2) is 6.15. The van der Waals surface area contributed by atoms with E-state index in [0.717, 1.165) is 18.5 Å². The number of carbonyl (C=O) groups excluding carboxylic acids is 2. The Bertz CT molecular complexity index is 533. The molecule has 21 heavy (non-hydrogen) atoms. The van der Waals surface area contributed by atoms with Crippen LogP contribution in [0, 0.1) is 5.92 Å². The normalized spacial score (nSPS) is 15.8. The van der Waals surface area contributed by atoms with Gasteiger partial charge in [-0.15, -0.1) is 0 Å². The van der Waals surface area contributed by atoms with Crippen LogP contribution in [0.25, 0.3) is 0 Å². The lowest BCUT2D eigenvalue weighted by Crippen LogP contribution is -2.45. The van der Waals surface area contributed by atoms with Gasteiger partial charge in [0.2, 0.25) is 5.91 Å². The van der Waals surface area contributed by atoms with E-state index >= 15 is 0 Å². The predicted octanol–water partition coefficient (Wildman–Crippen LogP) is 0.760. The Morgan fingerprint density at radius 2 is 2.05 bits per heavy atom. The van der Waals surface area contributed by atoms with Crippen LogP contribution in [0.4, 0.5) is 5.69 Å². The quantitative estimate of drug-likeness (QED) is 0.620. The van der Waals surface area contributed by atoms with Gasteiger partial charge in [-0.05, 0) is 25.7 Å². The van der Waals surface area contributed by atoms with Crippen LogP contribution >= 0.6 is 0 Å². The zero-order chi connectivity index (χ0) is 15.6. The van der Waals surface area contributed by atoms with E-state index in [0.29, 0.717) is 24.1 Å². The SMILES string of the molecule is CC(C)CNC(=O)C(C)NC(=O)c1n[nH]c(C2CC2)c1N. The fraction of sp³-hybridized carbons (Fsp3) is 0.643. The van der Waals surface area contributed by atoms with Gasteiger partial charge in [-0.2, -0.15) is 5.10 Å². The van der Waals surface area contributed by atoms with Crippen molar-refractivity contribution in [1.82, 2.24) is 20.8 Å². The van der Waals surface area contributed by atoms with Crippen molar-refractivity contribution in [3.63, 3.8) is 0 Å². The monoisotopic (exact) mass is 293 g/mol. The summed E-state index contributed by atoms with van der Waals surface area (Å²) in [6.07, 6.45) is 2.14. The molecule has 1 saturated carbocycles. The minimum Gasteiger partial charge on any atom is -0.395 e. The number of aromatic amines is 1. The van der Waals surface area contributed by atoms with E-state index in [-0.39, 0.29) is 11.6 Å². The molecule has 5 N–H and O–H groups in total. The van der Waals surface area contributed by atoms with Crippen molar-refractivity contribution in [1.29, 1.82) is 0 Å². The van der Waals surface area contributed by atoms with Gasteiger partial charge in [-0.3, -0.25) is 14.7 Å². The molecule has 7 nitrogen and oxygen atoms in total. The molecule has 1 aliphatic carbocycles. The summed E-state index contributed by atoms with van der Waals surface area (Å²) in [4.78, 5) is 24.0. The van der Waals surface area contributed by atoms with Crippen molar-refractivity contribution in [2.24, 2.45) is 5.92 Å². The first kappa shape index (κ1) is 15.3. The van der Waals surface area contributed by atoms with E-state index in [1.807, 2.05) is 13.8 Å². The molecule has 1 aromatic rings. The van der Waals surface area contributed by atoms with Crippen LogP contribution in [0.1, 0.15) is 55.7 Å². The summed E-state index contributed by atoms with van der Waals surface area (Å²) in [5.41, 5.74) is 7.33. The number of nitrogen functional groups attached to an aromatic ring is 1. The van der Waals surface area contributed by atoms with Gasteiger partial charge >= 0.3 is 0 Å². The van der Waals surface area contributed by atoms with E-state index in [4.69, 9.17) is 5.73 Å². The van der Waals surface area contributed by atoms with E-state index in [1.165, 1.54) is 0 Å². The first-order chi connectivity index (χ1) is 9.90. The van der Waals surface area contributed by atoms with Gasteiger partial charge < -0.3 is 16.4 Å². The van der Waals surface area contributed by atoms with Crippen molar-refractivity contribution in [2.75, 3.05) is 12.3 Å². The second-order valence-corrected chi connectivity index (χ2v) is 6.01. The summed E-state index contributed by atoms with van der Waals surface area (Å²) >= 11 is 0. The maximum atomic E-state index is 12.1. The second-order valence-electron chi connectivity index (χ2n) is 6.01. The maximum absolute atomic E-state index is 12.1. The number of hydrogen-bond acceptors (Lipinski definition) is 4. The molecule has 0 radical (unpaired) electrons. The van der Waals surface area contributed by atoms with Crippen LogP contribution in [0.3, 0.4) is 0 Å². The van der Waals surface area contributed by atoms with Gasteiger partial charge in [0.15, 0.2) is 5.69 Å². The van der Waals surface area contributed by atoms with Crippen LogP contribution in [0.5, 0.6) is 0 Å². The summed E-state index contributed by atoms with van der Waals surface area (Å²) in [6.45, 7) is 6.23. The molecule has 0 bridgehead atoms. The summed E-state index contributed by atoms with van der Waals surface area (Å²) in [5.74, 6) is 0.113. The fourth-order valence-electron chi connectivity index (χ4n) is 2.01. The summed E-state index contributed by atoms with van der Waals surface area (Å²) in [5, 5.41) is 12.2. The molecule has 116 valence electrons. The molecule has 1 fully saturated rings. The first-order valence-corrected chi connectivity index (χ1v) is 7.32. The number of nitrogens with zero attached hydrogens (tertiary/aromatic N) is 1. The number of nitrogens with one attached hydrogen (secondary N) is 3. The Kier molecular flexibility index (Phi) is 4.50.